The molecular weight excluding hydrogens is 250 g/mol. The van der Waals surface area contributed by atoms with Gasteiger partial charge in [-0.15, -0.1) is 0 Å². The highest BCUT2D eigenvalue weighted by atomic mass is 19.3. The summed E-state index contributed by atoms with van der Waals surface area (Å²) < 4.78 is 27.0. The molecule has 1 aliphatic heterocycles. The van der Waals surface area contributed by atoms with Crippen LogP contribution in [-0.4, -0.2) is 42.6 Å². The van der Waals surface area contributed by atoms with Gasteiger partial charge in [0, 0.05) is 26.2 Å². The van der Waals surface area contributed by atoms with E-state index in [0.717, 1.165) is 24.2 Å². The van der Waals surface area contributed by atoms with Crippen LogP contribution in [0.5, 0.6) is 5.75 Å². The number of hydrogen-bond donors (Lipinski definition) is 2. The molecule has 1 saturated heterocycles. The van der Waals surface area contributed by atoms with E-state index in [1.165, 1.54) is 0 Å². The van der Waals surface area contributed by atoms with Crippen LogP contribution in [0.15, 0.2) is 12.1 Å². The maximum atomic E-state index is 13.5. The van der Waals surface area contributed by atoms with Crippen LogP contribution in [0.2, 0.25) is 0 Å². The molecule has 0 spiro atoms. The van der Waals surface area contributed by atoms with Crippen LogP contribution < -0.4 is 5.32 Å². The Morgan fingerprint density at radius 3 is 2.16 bits per heavy atom. The first kappa shape index (κ1) is 14.2. The van der Waals surface area contributed by atoms with Gasteiger partial charge in [-0.05, 0) is 42.7 Å². The molecule has 0 amide bonds. The lowest BCUT2D eigenvalue weighted by Gasteiger charge is -2.36. The molecule has 1 aliphatic rings. The number of phenols is 1. The molecule has 106 valence electrons. The third kappa shape index (κ3) is 3.04. The summed E-state index contributed by atoms with van der Waals surface area (Å²) in [5.41, 5.74) is 2.09. The van der Waals surface area contributed by atoms with Gasteiger partial charge in [-0.2, -0.15) is 0 Å². The minimum atomic E-state index is -2.43. The van der Waals surface area contributed by atoms with Gasteiger partial charge in [0.1, 0.15) is 5.75 Å². The van der Waals surface area contributed by atoms with E-state index in [1.54, 1.807) is 26.0 Å². The zero-order chi connectivity index (χ0) is 14.0. The SMILES string of the molecule is Cc1cc(O)cc(C)c1[C@H](C(F)F)N1CCNCC1. The molecule has 2 N–H and O–H groups in total. The smallest absolute Gasteiger partial charge is 0.258 e. The summed E-state index contributed by atoms with van der Waals surface area (Å²) in [6.07, 6.45) is -2.43. The highest BCUT2D eigenvalue weighted by Gasteiger charge is 2.32. The Morgan fingerprint density at radius 1 is 1.16 bits per heavy atom. The van der Waals surface area contributed by atoms with Gasteiger partial charge in [-0.3, -0.25) is 4.90 Å². The Morgan fingerprint density at radius 2 is 1.68 bits per heavy atom. The fraction of sp³-hybridized carbons (Fsp3) is 0.571. The molecule has 1 heterocycles. The number of aryl methyl sites for hydroxylation is 2. The predicted octanol–water partition coefficient (Wildman–Crippen LogP) is 2.22. The van der Waals surface area contributed by atoms with Crippen molar-refractivity contribution in [3.8, 4) is 5.75 Å². The summed E-state index contributed by atoms with van der Waals surface area (Å²) in [5, 5.41) is 12.7. The van der Waals surface area contributed by atoms with Crippen LogP contribution in [0.3, 0.4) is 0 Å². The van der Waals surface area contributed by atoms with Crippen molar-refractivity contribution in [1.82, 2.24) is 10.2 Å². The Bertz CT molecular complexity index is 422. The van der Waals surface area contributed by atoms with Gasteiger partial charge in [0.05, 0.1) is 6.04 Å². The van der Waals surface area contributed by atoms with Crippen LogP contribution in [-0.2, 0) is 0 Å². The van der Waals surface area contributed by atoms with E-state index < -0.39 is 12.5 Å². The molecule has 5 heteroatoms. The third-order valence-corrected chi connectivity index (χ3v) is 3.66. The number of halogens is 2. The average Bonchev–Trinajstić information content (AvgIpc) is 2.34. The highest BCUT2D eigenvalue weighted by molar-refractivity contribution is 5.42. The molecule has 1 aromatic rings. The number of piperazine rings is 1. The van der Waals surface area contributed by atoms with Crippen LogP contribution >= 0.6 is 0 Å². The van der Waals surface area contributed by atoms with Crippen molar-refractivity contribution in [2.24, 2.45) is 0 Å². The van der Waals surface area contributed by atoms with Crippen LogP contribution in [0.1, 0.15) is 22.7 Å². The molecule has 19 heavy (non-hydrogen) atoms. The number of rotatable bonds is 3. The monoisotopic (exact) mass is 270 g/mol. The first-order valence-electron chi connectivity index (χ1n) is 6.53. The summed E-state index contributed by atoms with van der Waals surface area (Å²) in [4.78, 5) is 1.83. The molecule has 0 radical (unpaired) electrons. The molecule has 0 saturated carbocycles. The second-order valence-corrected chi connectivity index (χ2v) is 5.06. The summed E-state index contributed by atoms with van der Waals surface area (Å²) in [6.45, 7) is 6.27. The summed E-state index contributed by atoms with van der Waals surface area (Å²) in [6, 6.07) is 2.22. The minimum absolute atomic E-state index is 0.132. The Kier molecular flexibility index (Phi) is 4.37. The zero-order valence-corrected chi connectivity index (χ0v) is 11.3. The van der Waals surface area contributed by atoms with E-state index in [9.17, 15) is 13.9 Å². The van der Waals surface area contributed by atoms with Crippen molar-refractivity contribution >= 4 is 0 Å². The topological polar surface area (TPSA) is 35.5 Å². The quantitative estimate of drug-likeness (QED) is 0.884. The summed E-state index contributed by atoms with van der Waals surface area (Å²) >= 11 is 0. The lowest BCUT2D eigenvalue weighted by Crippen LogP contribution is -2.47. The van der Waals surface area contributed by atoms with E-state index in [0.29, 0.717) is 18.7 Å². The normalized spacial score (nSPS) is 18.8. The van der Waals surface area contributed by atoms with Crippen molar-refractivity contribution in [3.05, 3.63) is 28.8 Å². The van der Waals surface area contributed by atoms with Crippen LogP contribution in [0.4, 0.5) is 8.78 Å². The van der Waals surface area contributed by atoms with Crippen molar-refractivity contribution in [2.45, 2.75) is 26.3 Å². The van der Waals surface area contributed by atoms with E-state index >= 15 is 0 Å². The Balaban J connectivity index is 2.38. The number of hydrogen-bond acceptors (Lipinski definition) is 3. The summed E-state index contributed by atoms with van der Waals surface area (Å²) in [5.74, 6) is 0.132. The second kappa shape index (κ2) is 5.84. The molecule has 0 bridgehead atoms. The van der Waals surface area contributed by atoms with Gasteiger partial charge in [0.25, 0.3) is 6.43 Å². The molecular formula is C14H20F2N2O. The van der Waals surface area contributed by atoms with E-state index in [1.807, 2.05) is 4.90 Å². The molecule has 0 unspecified atom stereocenters. The predicted molar refractivity (Wildman–Crippen MR) is 70.8 cm³/mol. The average molecular weight is 270 g/mol. The van der Waals surface area contributed by atoms with E-state index in [-0.39, 0.29) is 5.75 Å². The highest BCUT2D eigenvalue weighted by Crippen LogP contribution is 2.34. The maximum Gasteiger partial charge on any atom is 0.258 e. The molecule has 1 atom stereocenters. The van der Waals surface area contributed by atoms with E-state index in [2.05, 4.69) is 5.32 Å². The van der Waals surface area contributed by atoms with Crippen molar-refractivity contribution < 1.29 is 13.9 Å². The fourth-order valence-electron chi connectivity index (χ4n) is 2.85. The van der Waals surface area contributed by atoms with Crippen molar-refractivity contribution in [1.29, 1.82) is 0 Å². The number of benzene rings is 1. The standard InChI is InChI=1S/C14H20F2N2O/c1-9-7-11(19)8-10(2)12(9)13(14(15)16)18-5-3-17-4-6-18/h7-8,13-14,17,19H,3-6H2,1-2H3/t13-/m1/s1. The molecule has 3 nitrogen and oxygen atoms in total. The Labute approximate surface area is 112 Å². The number of nitrogens with zero attached hydrogens (tertiary/aromatic N) is 1. The first-order chi connectivity index (χ1) is 9.00. The van der Waals surface area contributed by atoms with Gasteiger partial charge in [0.2, 0.25) is 0 Å². The lowest BCUT2D eigenvalue weighted by molar-refractivity contribution is 0.0175. The number of phenolic OH excluding ortho intramolecular Hbond substituents is 1. The Hall–Kier alpha value is -1.20. The van der Waals surface area contributed by atoms with Gasteiger partial charge in [-0.25, -0.2) is 8.78 Å². The lowest BCUT2D eigenvalue weighted by atomic mass is 9.94. The number of aromatic hydroxyl groups is 1. The largest absolute Gasteiger partial charge is 0.508 e. The molecule has 1 fully saturated rings. The van der Waals surface area contributed by atoms with Gasteiger partial charge in [-0.1, -0.05) is 0 Å². The third-order valence-electron chi connectivity index (χ3n) is 3.66. The first-order valence-corrected chi connectivity index (χ1v) is 6.53. The van der Waals surface area contributed by atoms with Crippen molar-refractivity contribution in [2.75, 3.05) is 26.2 Å². The molecule has 1 aromatic carbocycles. The molecule has 2 rings (SSSR count). The van der Waals surface area contributed by atoms with Crippen LogP contribution in [0.25, 0.3) is 0 Å². The fourth-order valence-corrected chi connectivity index (χ4v) is 2.85. The van der Waals surface area contributed by atoms with Gasteiger partial charge < -0.3 is 10.4 Å². The maximum absolute atomic E-state index is 13.5. The minimum Gasteiger partial charge on any atom is -0.508 e. The molecule has 0 aromatic heterocycles. The summed E-state index contributed by atoms with van der Waals surface area (Å²) in [7, 11) is 0. The van der Waals surface area contributed by atoms with Crippen molar-refractivity contribution in [3.63, 3.8) is 0 Å². The number of alkyl halides is 2. The number of nitrogens with one attached hydrogen (secondary N) is 1. The van der Waals surface area contributed by atoms with Gasteiger partial charge >= 0.3 is 0 Å². The van der Waals surface area contributed by atoms with E-state index in [4.69, 9.17) is 0 Å². The molecule has 0 aliphatic carbocycles. The second-order valence-electron chi connectivity index (χ2n) is 5.06. The van der Waals surface area contributed by atoms with Gasteiger partial charge in [0.15, 0.2) is 0 Å². The van der Waals surface area contributed by atoms with Crippen LogP contribution in [0, 0.1) is 13.8 Å². The zero-order valence-electron chi connectivity index (χ0n) is 11.3.